The number of rotatable bonds is 4. The number of piperidine rings is 1. The lowest BCUT2D eigenvalue weighted by Gasteiger charge is -2.45. The van der Waals surface area contributed by atoms with Crippen LogP contribution in [0.15, 0.2) is 60.7 Å². The van der Waals surface area contributed by atoms with Gasteiger partial charge in [-0.3, -0.25) is 4.79 Å². The maximum absolute atomic E-state index is 13.7. The molecule has 200 valence electrons. The van der Waals surface area contributed by atoms with E-state index in [4.69, 9.17) is 9.16 Å². The normalized spacial score (nSPS) is 26.6. The van der Waals surface area contributed by atoms with Gasteiger partial charge in [-0.15, -0.1) is 0 Å². The summed E-state index contributed by atoms with van der Waals surface area (Å²) in [6.45, 7) is 17.0. The second-order valence-corrected chi connectivity index (χ2v) is 17.3. The van der Waals surface area contributed by atoms with Gasteiger partial charge in [0.15, 0.2) is 0 Å². The minimum atomic E-state index is -2.75. The van der Waals surface area contributed by atoms with E-state index in [1.807, 2.05) is 20.8 Å². The number of hydrogen-bond donors (Lipinski definition) is 0. The molecule has 2 aliphatic rings. The standard InChI is InChI=1S/C31H43NO4Si/c1-21-20-32(29(34)35-30(3,4)5)28(33)27-22(2)26(19-25(21)27)36-37(31(6,7)8,23-15-11-9-12-16-23)24-17-13-10-14-18-24/h9-18,21-22,25-27H,19-20H2,1-8H3/t21-,22+,25-,26-,27-/m0/s1. The Bertz CT molecular complexity index is 1070. The first-order chi connectivity index (χ1) is 17.3. The number of ether oxygens (including phenoxy) is 1. The number of fused-ring (bicyclic) bond motifs is 1. The lowest BCUT2D eigenvalue weighted by Crippen LogP contribution is -2.68. The van der Waals surface area contributed by atoms with Crippen LogP contribution in [0.25, 0.3) is 0 Å². The number of nitrogens with zero attached hydrogens (tertiary/aromatic N) is 1. The molecule has 1 saturated heterocycles. The Labute approximate surface area is 223 Å². The molecule has 1 heterocycles. The third kappa shape index (κ3) is 5.15. The lowest BCUT2D eigenvalue weighted by atomic mass is 9.78. The molecule has 5 nitrogen and oxygen atoms in total. The van der Waals surface area contributed by atoms with E-state index in [0.717, 1.165) is 6.42 Å². The molecule has 0 spiro atoms. The second-order valence-electron chi connectivity index (χ2n) is 13.0. The number of carbonyl (C=O) groups excluding carboxylic acids is 2. The molecule has 0 aromatic heterocycles. The molecule has 2 fully saturated rings. The van der Waals surface area contributed by atoms with Crippen LogP contribution < -0.4 is 10.4 Å². The molecule has 1 saturated carbocycles. The summed E-state index contributed by atoms with van der Waals surface area (Å²) in [6.07, 6.45) is 0.212. The van der Waals surface area contributed by atoms with Crippen LogP contribution in [0.1, 0.15) is 61.8 Å². The summed E-state index contributed by atoms with van der Waals surface area (Å²) in [5.41, 5.74) is -0.645. The van der Waals surface area contributed by atoms with Crippen molar-refractivity contribution in [2.75, 3.05) is 6.54 Å². The summed E-state index contributed by atoms with van der Waals surface area (Å²) in [4.78, 5) is 28.0. The summed E-state index contributed by atoms with van der Waals surface area (Å²) in [7, 11) is -2.75. The van der Waals surface area contributed by atoms with Crippen LogP contribution in [0.4, 0.5) is 4.79 Å². The number of amides is 2. The molecule has 1 aliphatic carbocycles. The van der Waals surface area contributed by atoms with Crippen molar-refractivity contribution in [3.63, 3.8) is 0 Å². The largest absolute Gasteiger partial charge is 0.443 e. The predicted octanol–water partition coefficient (Wildman–Crippen LogP) is 5.62. The van der Waals surface area contributed by atoms with Gasteiger partial charge in [-0.05, 0) is 60.4 Å². The average Bonchev–Trinajstić information content (AvgIpc) is 3.15. The fourth-order valence-corrected chi connectivity index (χ4v) is 11.3. The SMILES string of the molecule is C[C@H]1[C@@H]2C(=O)N(C(=O)OC(C)(C)C)C[C@H](C)[C@@H]2C[C@@H]1O[Si](c1ccccc1)(c1ccccc1)C(C)(C)C. The minimum Gasteiger partial charge on any atom is -0.443 e. The topological polar surface area (TPSA) is 55.8 Å². The van der Waals surface area contributed by atoms with Gasteiger partial charge in [-0.25, -0.2) is 9.69 Å². The van der Waals surface area contributed by atoms with E-state index in [1.54, 1.807) is 0 Å². The van der Waals surface area contributed by atoms with Gasteiger partial charge >= 0.3 is 6.09 Å². The average molecular weight is 522 g/mol. The van der Waals surface area contributed by atoms with Crippen molar-refractivity contribution in [1.29, 1.82) is 0 Å². The maximum Gasteiger partial charge on any atom is 0.417 e. The van der Waals surface area contributed by atoms with Crippen LogP contribution in [0.3, 0.4) is 0 Å². The van der Waals surface area contributed by atoms with E-state index in [1.165, 1.54) is 15.3 Å². The van der Waals surface area contributed by atoms with Crippen LogP contribution in [0.5, 0.6) is 0 Å². The van der Waals surface area contributed by atoms with Crippen LogP contribution in [-0.4, -0.2) is 43.5 Å². The van der Waals surface area contributed by atoms with Crippen LogP contribution in [0.2, 0.25) is 5.04 Å². The van der Waals surface area contributed by atoms with Gasteiger partial charge in [0.25, 0.3) is 8.32 Å². The van der Waals surface area contributed by atoms with Gasteiger partial charge in [0.05, 0.1) is 0 Å². The molecule has 0 N–H and O–H groups in total. The number of imide groups is 1. The van der Waals surface area contributed by atoms with E-state index in [9.17, 15) is 9.59 Å². The molecule has 1 aliphatic heterocycles. The fraction of sp³-hybridized carbons (Fsp3) is 0.548. The quantitative estimate of drug-likeness (QED) is 0.490. The van der Waals surface area contributed by atoms with Gasteiger partial charge in [-0.2, -0.15) is 0 Å². The van der Waals surface area contributed by atoms with Gasteiger partial charge < -0.3 is 9.16 Å². The van der Waals surface area contributed by atoms with E-state index >= 15 is 0 Å². The molecule has 4 rings (SSSR count). The van der Waals surface area contributed by atoms with E-state index in [0.29, 0.717) is 6.54 Å². The highest BCUT2D eigenvalue weighted by Crippen LogP contribution is 2.49. The van der Waals surface area contributed by atoms with Gasteiger partial charge in [0, 0.05) is 18.6 Å². The molecule has 2 amide bonds. The molecule has 2 aromatic rings. The first kappa shape index (κ1) is 27.6. The number of hydrogen-bond acceptors (Lipinski definition) is 4. The van der Waals surface area contributed by atoms with Crippen molar-refractivity contribution < 1.29 is 18.8 Å². The second kappa shape index (κ2) is 10.0. The summed E-state index contributed by atoms with van der Waals surface area (Å²) in [6, 6.07) is 21.3. The van der Waals surface area contributed by atoms with Gasteiger partial charge in [-0.1, -0.05) is 95.3 Å². The monoisotopic (exact) mass is 521 g/mol. The molecular weight excluding hydrogens is 478 g/mol. The van der Waals surface area contributed by atoms with Crippen LogP contribution >= 0.6 is 0 Å². The van der Waals surface area contributed by atoms with Crippen LogP contribution in [0, 0.1) is 23.7 Å². The van der Waals surface area contributed by atoms with Crippen LogP contribution in [-0.2, 0) is 14.0 Å². The number of likely N-dealkylation sites (tertiary alicyclic amines) is 1. The molecular formula is C31H43NO4Si. The zero-order valence-electron chi connectivity index (χ0n) is 23.7. The molecule has 5 atom stereocenters. The summed E-state index contributed by atoms with van der Waals surface area (Å²) in [5, 5.41) is 2.34. The maximum atomic E-state index is 13.7. The highest BCUT2D eigenvalue weighted by Gasteiger charge is 2.58. The third-order valence-electron chi connectivity index (χ3n) is 8.23. The smallest absolute Gasteiger partial charge is 0.417 e. The highest BCUT2D eigenvalue weighted by molar-refractivity contribution is 6.99. The van der Waals surface area contributed by atoms with Crippen molar-refractivity contribution in [3.8, 4) is 0 Å². The van der Waals surface area contributed by atoms with E-state index in [-0.39, 0.29) is 40.7 Å². The Hall–Kier alpha value is -2.44. The Morgan fingerprint density at radius 1 is 0.892 bits per heavy atom. The Balaban J connectivity index is 1.71. The Morgan fingerprint density at radius 2 is 1.41 bits per heavy atom. The van der Waals surface area contributed by atoms with Crippen molar-refractivity contribution in [1.82, 2.24) is 4.90 Å². The highest BCUT2D eigenvalue weighted by atomic mass is 28.4. The first-order valence-electron chi connectivity index (χ1n) is 13.6. The molecule has 0 radical (unpaired) electrons. The first-order valence-corrected chi connectivity index (χ1v) is 15.5. The van der Waals surface area contributed by atoms with Gasteiger partial charge in [0.2, 0.25) is 5.91 Å². The number of benzene rings is 2. The van der Waals surface area contributed by atoms with Crippen molar-refractivity contribution in [2.24, 2.45) is 23.7 Å². The van der Waals surface area contributed by atoms with Crippen molar-refractivity contribution in [3.05, 3.63) is 60.7 Å². The summed E-state index contributed by atoms with van der Waals surface area (Å²) >= 11 is 0. The zero-order valence-corrected chi connectivity index (χ0v) is 24.7. The Kier molecular flexibility index (Phi) is 7.48. The molecule has 0 unspecified atom stereocenters. The third-order valence-corrected chi connectivity index (χ3v) is 13.3. The molecule has 0 bridgehead atoms. The number of carbonyl (C=O) groups is 2. The lowest BCUT2D eigenvalue weighted by molar-refractivity contribution is -0.143. The molecule has 2 aromatic carbocycles. The Morgan fingerprint density at radius 3 is 1.86 bits per heavy atom. The summed E-state index contributed by atoms with van der Waals surface area (Å²) in [5.74, 6) is -0.000425. The predicted molar refractivity (Wildman–Crippen MR) is 150 cm³/mol. The fourth-order valence-electron chi connectivity index (χ4n) is 6.49. The summed E-state index contributed by atoms with van der Waals surface area (Å²) < 4.78 is 13.1. The molecule has 37 heavy (non-hydrogen) atoms. The van der Waals surface area contributed by atoms with Crippen molar-refractivity contribution in [2.45, 2.75) is 78.6 Å². The van der Waals surface area contributed by atoms with Gasteiger partial charge in [0.1, 0.15) is 5.60 Å². The molecule has 6 heteroatoms. The minimum absolute atomic E-state index is 0.00756. The zero-order chi connectivity index (χ0) is 27.2. The van der Waals surface area contributed by atoms with E-state index < -0.39 is 20.0 Å². The van der Waals surface area contributed by atoms with E-state index in [2.05, 4.69) is 95.3 Å². The van der Waals surface area contributed by atoms with Crippen molar-refractivity contribution >= 4 is 30.7 Å².